The molecule has 1 aliphatic heterocycles. The molecular formula is C24H26N4O2. The maximum atomic E-state index is 12.7. The Hall–Kier alpha value is -3.25. The number of hydrogen-bond acceptors (Lipinski definition) is 5. The number of amides is 1. The molecule has 6 nitrogen and oxygen atoms in total. The minimum atomic E-state index is 0.0203. The van der Waals surface area contributed by atoms with Gasteiger partial charge in [0.05, 0.1) is 17.6 Å². The van der Waals surface area contributed by atoms with E-state index < -0.39 is 0 Å². The van der Waals surface area contributed by atoms with Crippen molar-refractivity contribution in [1.82, 2.24) is 14.9 Å². The van der Waals surface area contributed by atoms with Crippen LogP contribution in [0.5, 0.6) is 11.6 Å². The van der Waals surface area contributed by atoms with Crippen molar-refractivity contribution < 1.29 is 9.53 Å². The van der Waals surface area contributed by atoms with Crippen LogP contribution in [0, 0.1) is 12.8 Å². The second kappa shape index (κ2) is 9.50. The van der Waals surface area contributed by atoms with Crippen LogP contribution in [0.4, 0.5) is 5.69 Å². The van der Waals surface area contributed by atoms with Gasteiger partial charge in [0.1, 0.15) is 5.75 Å². The smallest absolute Gasteiger partial charge is 0.227 e. The van der Waals surface area contributed by atoms with E-state index in [4.69, 9.17) is 4.74 Å². The Morgan fingerprint density at radius 2 is 1.87 bits per heavy atom. The number of anilines is 1. The van der Waals surface area contributed by atoms with Crippen molar-refractivity contribution in [1.29, 1.82) is 0 Å². The number of ether oxygens (including phenoxy) is 1. The van der Waals surface area contributed by atoms with Gasteiger partial charge in [-0.3, -0.25) is 14.7 Å². The number of para-hydroxylation sites is 1. The number of rotatable bonds is 6. The molecule has 0 radical (unpaired) electrons. The molecule has 1 amide bonds. The Bertz CT molecular complexity index is 968. The first-order valence-electron chi connectivity index (χ1n) is 10.3. The third-order valence-electron chi connectivity index (χ3n) is 5.26. The fourth-order valence-corrected chi connectivity index (χ4v) is 3.64. The average Bonchev–Trinajstić information content (AvgIpc) is 2.76. The average molecular weight is 402 g/mol. The highest BCUT2D eigenvalue weighted by Gasteiger charge is 2.25. The number of nitrogens with one attached hydrogen (secondary N) is 1. The summed E-state index contributed by atoms with van der Waals surface area (Å²) in [6, 6.07) is 19.2. The van der Waals surface area contributed by atoms with Crippen LogP contribution in [0.25, 0.3) is 0 Å². The number of likely N-dealkylation sites (tertiary alicyclic amines) is 1. The molecule has 4 rings (SSSR count). The van der Waals surface area contributed by atoms with E-state index in [0.717, 1.165) is 49.6 Å². The highest BCUT2D eigenvalue weighted by Crippen LogP contribution is 2.23. The zero-order valence-electron chi connectivity index (χ0n) is 17.1. The number of hydrogen-bond donors (Lipinski definition) is 1. The van der Waals surface area contributed by atoms with Gasteiger partial charge in [0.25, 0.3) is 0 Å². The molecule has 0 bridgehead atoms. The van der Waals surface area contributed by atoms with Crippen LogP contribution in [0.3, 0.4) is 0 Å². The summed E-state index contributed by atoms with van der Waals surface area (Å²) in [5.74, 6) is 1.31. The molecule has 0 aliphatic carbocycles. The zero-order valence-corrected chi connectivity index (χ0v) is 17.1. The van der Waals surface area contributed by atoms with Gasteiger partial charge in [-0.25, -0.2) is 4.98 Å². The number of carbonyl (C=O) groups excluding carboxylic acids is 1. The molecule has 1 fully saturated rings. The summed E-state index contributed by atoms with van der Waals surface area (Å²) >= 11 is 0. The number of carbonyl (C=O) groups is 1. The fraction of sp³-hybridized carbons (Fsp3) is 0.292. The summed E-state index contributed by atoms with van der Waals surface area (Å²) in [6.07, 6.45) is 3.33. The molecule has 0 spiro atoms. The molecule has 3 heterocycles. The Labute approximate surface area is 176 Å². The van der Waals surface area contributed by atoms with Crippen LogP contribution < -0.4 is 10.1 Å². The molecule has 30 heavy (non-hydrogen) atoms. The van der Waals surface area contributed by atoms with Crippen molar-refractivity contribution in [3.8, 4) is 11.6 Å². The maximum Gasteiger partial charge on any atom is 0.227 e. The van der Waals surface area contributed by atoms with E-state index in [2.05, 4.69) is 26.3 Å². The van der Waals surface area contributed by atoms with E-state index in [-0.39, 0.29) is 11.8 Å². The first-order valence-corrected chi connectivity index (χ1v) is 10.3. The van der Waals surface area contributed by atoms with Crippen molar-refractivity contribution in [2.75, 3.05) is 18.4 Å². The van der Waals surface area contributed by atoms with Crippen LogP contribution in [0.15, 0.2) is 66.9 Å². The number of pyridine rings is 2. The molecule has 0 saturated carbocycles. The third kappa shape index (κ3) is 5.42. The first kappa shape index (κ1) is 20.0. The molecule has 154 valence electrons. The largest absolute Gasteiger partial charge is 0.439 e. The van der Waals surface area contributed by atoms with Crippen LogP contribution in [0.2, 0.25) is 0 Å². The molecule has 1 aliphatic rings. The lowest BCUT2D eigenvalue weighted by molar-refractivity contribution is -0.121. The lowest BCUT2D eigenvalue weighted by atomic mass is 9.95. The molecule has 6 heteroatoms. The fourth-order valence-electron chi connectivity index (χ4n) is 3.64. The minimum Gasteiger partial charge on any atom is -0.439 e. The van der Waals surface area contributed by atoms with E-state index in [1.54, 1.807) is 12.3 Å². The standard InChI is InChI=1S/C24H26N4O2/c1-18-6-5-7-21(26-18)17-28-14-12-19(13-15-28)24(29)27-20-10-11-23(25-16-20)30-22-8-3-2-4-9-22/h2-11,16,19H,12-15,17H2,1H3,(H,27,29). The van der Waals surface area contributed by atoms with Crippen molar-refractivity contribution in [3.05, 3.63) is 78.2 Å². The summed E-state index contributed by atoms with van der Waals surface area (Å²) < 4.78 is 5.69. The zero-order chi connectivity index (χ0) is 20.8. The highest BCUT2D eigenvalue weighted by molar-refractivity contribution is 5.92. The quantitative estimate of drug-likeness (QED) is 0.661. The van der Waals surface area contributed by atoms with Gasteiger partial charge in [0.15, 0.2) is 0 Å². The highest BCUT2D eigenvalue weighted by atomic mass is 16.5. The van der Waals surface area contributed by atoms with Gasteiger partial charge in [-0.1, -0.05) is 24.3 Å². The van der Waals surface area contributed by atoms with Crippen LogP contribution in [-0.4, -0.2) is 33.9 Å². The molecular weight excluding hydrogens is 376 g/mol. The Morgan fingerprint density at radius 1 is 1.07 bits per heavy atom. The lowest BCUT2D eigenvalue weighted by Crippen LogP contribution is -2.37. The maximum absolute atomic E-state index is 12.7. The first-order chi connectivity index (χ1) is 14.7. The van der Waals surface area contributed by atoms with E-state index in [9.17, 15) is 4.79 Å². The van der Waals surface area contributed by atoms with Gasteiger partial charge in [-0.2, -0.15) is 0 Å². The van der Waals surface area contributed by atoms with Crippen LogP contribution in [-0.2, 0) is 11.3 Å². The topological polar surface area (TPSA) is 67.4 Å². The number of benzene rings is 1. The predicted octanol–water partition coefficient (Wildman–Crippen LogP) is 4.43. The van der Waals surface area contributed by atoms with Crippen molar-refractivity contribution in [3.63, 3.8) is 0 Å². The molecule has 1 N–H and O–H groups in total. The summed E-state index contributed by atoms with van der Waals surface area (Å²) in [7, 11) is 0. The van der Waals surface area contributed by atoms with Crippen molar-refractivity contribution in [2.45, 2.75) is 26.3 Å². The van der Waals surface area contributed by atoms with Crippen molar-refractivity contribution in [2.24, 2.45) is 5.92 Å². The SMILES string of the molecule is Cc1cccc(CN2CCC(C(=O)Nc3ccc(Oc4ccccc4)nc3)CC2)n1. The van der Waals surface area contributed by atoms with E-state index in [1.165, 1.54) is 0 Å². The summed E-state index contributed by atoms with van der Waals surface area (Å²) in [5, 5.41) is 2.99. The normalized spacial score (nSPS) is 15.0. The van der Waals surface area contributed by atoms with Gasteiger partial charge in [-0.15, -0.1) is 0 Å². The van der Waals surface area contributed by atoms with Gasteiger partial charge in [0.2, 0.25) is 11.8 Å². The Morgan fingerprint density at radius 3 is 2.57 bits per heavy atom. The summed E-state index contributed by atoms with van der Waals surface area (Å²) in [4.78, 5) is 23.9. The molecule has 1 aromatic carbocycles. The Kier molecular flexibility index (Phi) is 6.35. The summed E-state index contributed by atoms with van der Waals surface area (Å²) in [5.41, 5.74) is 2.81. The molecule has 2 aromatic heterocycles. The summed E-state index contributed by atoms with van der Waals surface area (Å²) in [6.45, 7) is 4.64. The van der Waals surface area contributed by atoms with Crippen LogP contribution in [0.1, 0.15) is 24.2 Å². The lowest BCUT2D eigenvalue weighted by Gasteiger charge is -2.31. The molecule has 3 aromatic rings. The number of aryl methyl sites for hydroxylation is 1. The van der Waals surface area contributed by atoms with Gasteiger partial charge in [0, 0.05) is 24.2 Å². The molecule has 0 unspecified atom stereocenters. The van der Waals surface area contributed by atoms with E-state index in [1.807, 2.05) is 55.5 Å². The van der Waals surface area contributed by atoms with E-state index >= 15 is 0 Å². The minimum absolute atomic E-state index is 0.0203. The van der Waals surface area contributed by atoms with Gasteiger partial charge in [-0.05, 0) is 63.2 Å². The number of aromatic nitrogens is 2. The third-order valence-corrected chi connectivity index (χ3v) is 5.26. The second-order valence-electron chi connectivity index (χ2n) is 7.61. The number of piperidine rings is 1. The van der Waals surface area contributed by atoms with Gasteiger partial charge >= 0.3 is 0 Å². The number of nitrogens with zero attached hydrogens (tertiary/aromatic N) is 3. The Balaban J connectivity index is 1.25. The molecule has 1 saturated heterocycles. The van der Waals surface area contributed by atoms with Gasteiger partial charge < -0.3 is 10.1 Å². The van der Waals surface area contributed by atoms with Crippen LogP contribution >= 0.6 is 0 Å². The van der Waals surface area contributed by atoms with Crippen molar-refractivity contribution >= 4 is 11.6 Å². The second-order valence-corrected chi connectivity index (χ2v) is 7.61. The van der Waals surface area contributed by atoms with E-state index in [0.29, 0.717) is 11.6 Å². The predicted molar refractivity (Wildman–Crippen MR) is 116 cm³/mol. The monoisotopic (exact) mass is 402 g/mol. The molecule has 0 atom stereocenters.